The van der Waals surface area contributed by atoms with Gasteiger partial charge in [-0.3, -0.25) is 11.3 Å². The van der Waals surface area contributed by atoms with Crippen molar-refractivity contribution in [2.75, 3.05) is 7.11 Å². The normalized spacial score (nSPS) is 14.8. The van der Waals surface area contributed by atoms with Gasteiger partial charge in [-0.25, -0.2) is 0 Å². The smallest absolute Gasteiger partial charge is 0.0778 e. The van der Waals surface area contributed by atoms with Crippen molar-refractivity contribution in [3.8, 4) is 0 Å². The zero-order valence-corrected chi connectivity index (χ0v) is 10.5. The van der Waals surface area contributed by atoms with Crippen molar-refractivity contribution in [2.24, 2.45) is 5.84 Å². The molecular weight excluding hydrogens is 224 g/mol. The molecule has 1 rings (SSSR count). The average Bonchev–Trinajstić information content (AvgIpc) is 2.31. The van der Waals surface area contributed by atoms with Crippen LogP contribution < -0.4 is 11.3 Å². The fraction of sp³-hybridized carbons (Fsp3) is 0.500. The van der Waals surface area contributed by atoms with Crippen LogP contribution in [0.5, 0.6) is 0 Å². The Kier molecular flexibility index (Phi) is 5.77. The van der Waals surface area contributed by atoms with Gasteiger partial charge in [0.1, 0.15) is 0 Å². The summed E-state index contributed by atoms with van der Waals surface area (Å²) in [5.41, 5.74) is 3.90. The topological polar surface area (TPSA) is 47.3 Å². The van der Waals surface area contributed by atoms with E-state index in [-0.39, 0.29) is 12.1 Å². The van der Waals surface area contributed by atoms with Gasteiger partial charge in [0.25, 0.3) is 0 Å². The highest BCUT2D eigenvalue weighted by atomic mass is 35.5. The second-order valence-electron chi connectivity index (χ2n) is 3.76. The van der Waals surface area contributed by atoms with E-state index in [2.05, 4.69) is 12.3 Å². The minimum Gasteiger partial charge on any atom is -0.379 e. The van der Waals surface area contributed by atoms with E-state index in [9.17, 15) is 0 Å². The first-order valence-corrected chi connectivity index (χ1v) is 5.85. The molecule has 0 aromatic heterocycles. The molecule has 4 heteroatoms. The Hall–Kier alpha value is -0.610. The number of nitrogens with two attached hydrogens (primary N) is 1. The molecule has 0 saturated carbocycles. The number of ether oxygens (including phenoxy) is 1. The van der Waals surface area contributed by atoms with Gasteiger partial charge in [-0.05, 0) is 24.1 Å². The molecule has 90 valence electrons. The second kappa shape index (κ2) is 6.86. The highest BCUT2D eigenvalue weighted by Crippen LogP contribution is 2.23. The third-order valence-electron chi connectivity index (χ3n) is 2.66. The van der Waals surface area contributed by atoms with Crippen LogP contribution in [0, 0.1) is 0 Å². The number of hydrazine groups is 1. The van der Waals surface area contributed by atoms with Gasteiger partial charge in [0, 0.05) is 12.1 Å². The van der Waals surface area contributed by atoms with Crippen molar-refractivity contribution in [1.82, 2.24) is 5.43 Å². The van der Waals surface area contributed by atoms with Crippen LogP contribution in [0.1, 0.15) is 31.4 Å². The van der Waals surface area contributed by atoms with Gasteiger partial charge in [-0.1, -0.05) is 37.1 Å². The lowest BCUT2D eigenvalue weighted by molar-refractivity contribution is 0.0606. The van der Waals surface area contributed by atoms with Gasteiger partial charge < -0.3 is 4.74 Å². The predicted molar refractivity (Wildman–Crippen MR) is 67.2 cm³/mol. The molecule has 0 amide bonds. The Bertz CT molecular complexity index is 302. The Labute approximate surface area is 102 Å². The second-order valence-corrected chi connectivity index (χ2v) is 4.20. The van der Waals surface area contributed by atoms with Gasteiger partial charge in [-0.15, -0.1) is 0 Å². The Morgan fingerprint density at radius 2 is 2.00 bits per heavy atom. The molecule has 2 atom stereocenters. The number of methoxy groups -OCH3 is 1. The molecular formula is C12H19ClN2O. The Morgan fingerprint density at radius 1 is 1.38 bits per heavy atom. The van der Waals surface area contributed by atoms with Gasteiger partial charge in [0.15, 0.2) is 0 Å². The van der Waals surface area contributed by atoms with Crippen LogP contribution in [0.25, 0.3) is 0 Å². The molecule has 2 unspecified atom stereocenters. The number of hydrogen-bond donors (Lipinski definition) is 2. The van der Waals surface area contributed by atoms with E-state index < -0.39 is 0 Å². The molecule has 0 aliphatic carbocycles. The molecule has 1 aromatic carbocycles. The maximum absolute atomic E-state index is 5.85. The lowest BCUT2D eigenvalue weighted by Gasteiger charge is -2.25. The third-order valence-corrected chi connectivity index (χ3v) is 2.91. The summed E-state index contributed by atoms with van der Waals surface area (Å²) < 4.78 is 5.45. The number of benzene rings is 1. The van der Waals surface area contributed by atoms with Crippen LogP contribution in [0.15, 0.2) is 24.3 Å². The van der Waals surface area contributed by atoms with Crippen molar-refractivity contribution < 1.29 is 4.74 Å². The molecule has 0 heterocycles. The summed E-state index contributed by atoms with van der Waals surface area (Å²) in [6.45, 7) is 2.13. The molecule has 16 heavy (non-hydrogen) atoms. The van der Waals surface area contributed by atoms with E-state index in [1.165, 1.54) is 0 Å². The molecule has 1 aromatic rings. The van der Waals surface area contributed by atoms with E-state index in [0.29, 0.717) is 0 Å². The first-order chi connectivity index (χ1) is 7.72. The first-order valence-electron chi connectivity index (χ1n) is 5.47. The summed E-state index contributed by atoms with van der Waals surface area (Å²) in [7, 11) is 1.71. The fourth-order valence-electron chi connectivity index (χ4n) is 1.79. The molecule has 0 spiro atoms. The van der Waals surface area contributed by atoms with Crippen molar-refractivity contribution >= 4 is 11.6 Å². The van der Waals surface area contributed by atoms with Crippen LogP contribution in [-0.4, -0.2) is 13.2 Å². The summed E-state index contributed by atoms with van der Waals surface area (Å²) >= 11 is 5.85. The quantitative estimate of drug-likeness (QED) is 0.596. The SMILES string of the molecule is CCCC(OC)C(NN)c1ccc(Cl)cc1. The minimum atomic E-state index is 0.00205. The maximum Gasteiger partial charge on any atom is 0.0778 e. The third kappa shape index (κ3) is 3.46. The number of hydrogen-bond acceptors (Lipinski definition) is 3. The molecule has 0 radical (unpaired) electrons. The van der Waals surface area contributed by atoms with Gasteiger partial charge in [0.2, 0.25) is 0 Å². The van der Waals surface area contributed by atoms with E-state index in [1.54, 1.807) is 7.11 Å². The maximum atomic E-state index is 5.85. The van der Waals surface area contributed by atoms with Crippen molar-refractivity contribution in [1.29, 1.82) is 0 Å². The number of halogens is 1. The van der Waals surface area contributed by atoms with Crippen LogP contribution >= 0.6 is 11.6 Å². The largest absolute Gasteiger partial charge is 0.379 e. The summed E-state index contributed by atoms with van der Waals surface area (Å²) in [5, 5.41) is 0.726. The molecule has 0 fully saturated rings. The zero-order valence-electron chi connectivity index (χ0n) is 9.74. The Balaban J connectivity index is 2.83. The van der Waals surface area contributed by atoms with E-state index >= 15 is 0 Å². The number of nitrogens with one attached hydrogen (secondary N) is 1. The molecule has 0 aliphatic rings. The zero-order chi connectivity index (χ0) is 12.0. The first kappa shape index (κ1) is 13.5. The lowest BCUT2D eigenvalue weighted by Crippen LogP contribution is -2.37. The minimum absolute atomic E-state index is 0.00205. The van der Waals surface area contributed by atoms with Gasteiger partial charge >= 0.3 is 0 Å². The van der Waals surface area contributed by atoms with E-state index in [1.807, 2.05) is 24.3 Å². The van der Waals surface area contributed by atoms with Crippen molar-refractivity contribution in [2.45, 2.75) is 31.9 Å². The van der Waals surface area contributed by atoms with E-state index in [4.69, 9.17) is 22.2 Å². The predicted octanol–water partition coefficient (Wildman–Crippen LogP) is 2.66. The highest BCUT2D eigenvalue weighted by molar-refractivity contribution is 6.30. The Morgan fingerprint density at radius 3 is 2.44 bits per heavy atom. The molecule has 3 nitrogen and oxygen atoms in total. The van der Waals surface area contributed by atoms with Gasteiger partial charge in [-0.2, -0.15) is 0 Å². The van der Waals surface area contributed by atoms with Crippen LogP contribution in [0.4, 0.5) is 0 Å². The monoisotopic (exact) mass is 242 g/mol. The standard InChI is InChI=1S/C12H19ClN2O/c1-3-4-11(16-2)12(15-14)9-5-7-10(13)8-6-9/h5-8,11-12,15H,3-4,14H2,1-2H3. The summed E-state index contributed by atoms with van der Waals surface area (Å²) in [6, 6.07) is 7.66. The molecule has 0 saturated heterocycles. The molecule has 3 N–H and O–H groups in total. The van der Waals surface area contributed by atoms with Crippen LogP contribution in [0.3, 0.4) is 0 Å². The van der Waals surface area contributed by atoms with Gasteiger partial charge in [0.05, 0.1) is 12.1 Å². The molecule has 0 aliphatic heterocycles. The van der Waals surface area contributed by atoms with Crippen molar-refractivity contribution in [3.63, 3.8) is 0 Å². The van der Waals surface area contributed by atoms with Crippen LogP contribution in [0.2, 0.25) is 5.02 Å². The lowest BCUT2D eigenvalue weighted by atomic mass is 9.99. The highest BCUT2D eigenvalue weighted by Gasteiger charge is 2.20. The number of rotatable bonds is 6. The summed E-state index contributed by atoms with van der Waals surface area (Å²) in [4.78, 5) is 0. The van der Waals surface area contributed by atoms with Crippen molar-refractivity contribution in [3.05, 3.63) is 34.9 Å². The molecule has 0 bridgehead atoms. The fourth-order valence-corrected chi connectivity index (χ4v) is 1.92. The van der Waals surface area contributed by atoms with Crippen LogP contribution in [-0.2, 0) is 4.74 Å². The average molecular weight is 243 g/mol. The summed E-state index contributed by atoms with van der Waals surface area (Å²) in [5.74, 6) is 5.59. The van der Waals surface area contributed by atoms with E-state index in [0.717, 1.165) is 23.4 Å². The summed E-state index contributed by atoms with van der Waals surface area (Å²) in [6.07, 6.45) is 2.11.